The Labute approximate surface area is 78.9 Å². The Morgan fingerprint density at radius 3 is 2.58 bits per heavy atom. The maximum atomic E-state index is 12.5. The van der Waals surface area contributed by atoms with E-state index >= 15 is 0 Å². The largest absolute Gasteiger partial charge is 0.298 e. The van der Waals surface area contributed by atoms with Gasteiger partial charge in [0.05, 0.1) is 9.13 Å². The van der Waals surface area contributed by atoms with E-state index in [1.54, 1.807) is 4.98 Å². The van der Waals surface area contributed by atoms with Gasteiger partial charge in [-0.3, -0.25) is 9.78 Å². The molecular weight excluding hydrogens is 286 g/mol. The zero-order chi connectivity index (χ0) is 9.30. The maximum absolute atomic E-state index is 12.5. The molecule has 1 N–H and O–H groups in total. The molecule has 0 aliphatic heterocycles. The van der Waals surface area contributed by atoms with Crippen LogP contribution in [0.4, 0.5) is 13.2 Å². The molecule has 0 saturated heterocycles. The van der Waals surface area contributed by atoms with Crippen LogP contribution in [0.3, 0.4) is 0 Å². The van der Waals surface area contributed by atoms with Crippen molar-refractivity contribution in [3.63, 3.8) is 0 Å². The first-order valence-corrected chi connectivity index (χ1v) is 3.96. The third-order valence-electron chi connectivity index (χ3n) is 1.21. The normalized spacial score (nSPS) is 10.8. The molecule has 1 aromatic heterocycles. The predicted molar refractivity (Wildman–Crippen MR) is 44.7 cm³/mol. The molecule has 0 aromatic carbocycles. The molecule has 6 heteroatoms. The van der Waals surface area contributed by atoms with Crippen molar-refractivity contribution >= 4 is 22.6 Å². The lowest BCUT2D eigenvalue weighted by Crippen LogP contribution is -2.15. The molecule has 0 atom stereocenters. The topological polar surface area (TPSA) is 32.9 Å². The van der Waals surface area contributed by atoms with Gasteiger partial charge in [0.1, 0.15) is 0 Å². The number of nitrogens with one attached hydrogen (secondary N) is 1. The molecule has 0 saturated carbocycles. The van der Waals surface area contributed by atoms with Gasteiger partial charge in [0.15, 0.2) is 0 Å². The summed E-state index contributed by atoms with van der Waals surface area (Å²) in [6, 6.07) is 0.833. The molecule has 0 aliphatic rings. The standard InChI is InChI=1S/C6H3F3INO/c7-4(8)2-1-3(10)5(9)11-6(2)12/h1,4H,(H,11,12). The molecule has 0 unspecified atom stereocenters. The zero-order valence-corrected chi connectivity index (χ0v) is 7.73. The summed E-state index contributed by atoms with van der Waals surface area (Å²) in [5.74, 6) is -0.884. The molecule has 0 aliphatic carbocycles. The molecule has 1 aromatic rings. The summed E-state index contributed by atoms with van der Waals surface area (Å²) in [6.07, 6.45) is -2.87. The highest BCUT2D eigenvalue weighted by molar-refractivity contribution is 14.1. The highest BCUT2D eigenvalue weighted by Crippen LogP contribution is 2.17. The fourth-order valence-electron chi connectivity index (χ4n) is 0.659. The van der Waals surface area contributed by atoms with Crippen LogP contribution in [0.1, 0.15) is 12.0 Å². The van der Waals surface area contributed by atoms with Gasteiger partial charge >= 0.3 is 0 Å². The smallest absolute Gasteiger partial charge is 0.269 e. The summed E-state index contributed by atoms with van der Waals surface area (Å²) in [4.78, 5) is 12.3. The molecule has 2 nitrogen and oxygen atoms in total. The average molecular weight is 289 g/mol. The number of H-pyrrole nitrogens is 1. The molecule has 1 rings (SSSR count). The van der Waals surface area contributed by atoms with Gasteiger partial charge in [0.2, 0.25) is 5.95 Å². The molecule has 0 fully saturated rings. The molecule has 0 radical (unpaired) electrons. The fourth-order valence-corrected chi connectivity index (χ4v) is 1.13. The lowest BCUT2D eigenvalue weighted by atomic mass is 10.3. The Morgan fingerprint density at radius 1 is 1.50 bits per heavy atom. The van der Waals surface area contributed by atoms with Crippen molar-refractivity contribution in [2.45, 2.75) is 6.43 Å². The first-order chi connectivity index (χ1) is 5.52. The Balaban J connectivity index is 3.33. The van der Waals surface area contributed by atoms with Gasteiger partial charge in [0, 0.05) is 0 Å². The summed E-state index contributed by atoms with van der Waals surface area (Å²) < 4.78 is 36.5. The van der Waals surface area contributed by atoms with Crippen LogP contribution in [-0.2, 0) is 0 Å². The monoisotopic (exact) mass is 289 g/mol. The van der Waals surface area contributed by atoms with E-state index in [0.717, 1.165) is 6.07 Å². The number of pyridine rings is 1. The van der Waals surface area contributed by atoms with Gasteiger partial charge < -0.3 is 0 Å². The zero-order valence-electron chi connectivity index (χ0n) is 5.57. The third-order valence-corrected chi connectivity index (χ3v) is 2.00. The number of halogens is 4. The van der Waals surface area contributed by atoms with E-state index in [4.69, 9.17) is 0 Å². The lowest BCUT2D eigenvalue weighted by molar-refractivity contribution is 0.149. The van der Waals surface area contributed by atoms with Gasteiger partial charge in [-0.25, -0.2) is 8.78 Å². The SMILES string of the molecule is O=c1[nH]c(F)c(I)cc1C(F)F. The molecule has 0 bridgehead atoms. The minimum absolute atomic E-state index is 0.0255. The van der Waals surface area contributed by atoms with Crippen molar-refractivity contribution in [1.82, 2.24) is 4.98 Å². The summed E-state index contributed by atoms with van der Waals surface area (Å²) in [6.45, 7) is 0. The number of aromatic amines is 1. The number of alkyl halides is 2. The second kappa shape index (κ2) is 3.46. The van der Waals surface area contributed by atoms with Crippen LogP contribution in [0.15, 0.2) is 10.9 Å². The van der Waals surface area contributed by atoms with Crippen LogP contribution in [0, 0.1) is 9.52 Å². The van der Waals surface area contributed by atoms with Gasteiger partial charge in [-0.1, -0.05) is 0 Å². The summed E-state index contributed by atoms with van der Waals surface area (Å²) in [5, 5.41) is 0. The van der Waals surface area contributed by atoms with Crippen molar-refractivity contribution in [1.29, 1.82) is 0 Å². The first kappa shape index (κ1) is 9.56. The molecule has 66 valence electrons. The number of hydrogen-bond acceptors (Lipinski definition) is 1. The highest BCUT2D eigenvalue weighted by Gasteiger charge is 2.14. The third kappa shape index (κ3) is 1.79. The van der Waals surface area contributed by atoms with Crippen molar-refractivity contribution in [2.75, 3.05) is 0 Å². The Morgan fingerprint density at radius 2 is 2.08 bits per heavy atom. The summed E-state index contributed by atoms with van der Waals surface area (Å²) in [7, 11) is 0. The number of aromatic nitrogens is 1. The predicted octanol–water partition coefficient (Wildman–Crippen LogP) is 2.06. The Bertz CT molecular complexity index is 349. The number of rotatable bonds is 1. The van der Waals surface area contributed by atoms with E-state index in [2.05, 4.69) is 0 Å². The van der Waals surface area contributed by atoms with E-state index in [0.29, 0.717) is 0 Å². The average Bonchev–Trinajstić information content (AvgIpc) is 1.96. The fraction of sp³-hybridized carbons (Fsp3) is 0.167. The van der Waals surface area contributed by atoms with Crippen LogP contribution in [0.2, 0.25) is 0 Å². The Hall–Kier alpha value is -0.530. The van der Waals surface area contributed by atoms with Crippen molar-refractivity contribution < 1.29 is 13.2 Å². The van der Waals surface area contributed by atoms with Crippen LogP contribution in [-0.4, -0.2) is 4.98 Å². The van der Waals surface area contributed by atoms with Crippen LogP contribution in [0.25, 0.3) is 0 Å². The lowest BCUT2D eigenvalue weighted by Gasteiger charge is -1.99. The molecule has 12 heavy (non-hydrogen) atoms. The van der Waals surface area contributed by atoms with Crippen molar-refractivity contribution in [3.8, 4) is 0 Å². The van der Waals surface area contributed by atoms with Crippen LogP contribution < -0.4 is 5.56 Å². The highest BCUT2D eigenvalue weighted by atomic mass is 127. The quantitative estimate of drug-likeness (QED) is 0.623. The van der Waals surface area contributed by atoms with Gasteiger partial charge in [-0.2, -0.15) is 4.39 Å². The summed E-state index contributed by atoms with van der Waals surface area (Å²) >= 11 is 1.52. The number of hydrogen-bond donors (Lipinski definition) is 1. The van der Waals surface area contributed by atoms with Gasteiger partial charge in [-0.15, -0.1) is 0 Å². The van der Waals surface area contributed by atoms with E-state index in [9.17, 15) is 18.0 Å². The van der Waals surface area contributed by atoms with Crippen molar-refractivity contribution in [2.24, 2.45) is 0 Å². The van der Waals surface area contributed by atoms with Gasteiger partial charge in [0.25, 0.3) is 12.0 Å². The van der Waals surface area contributed by atoms with E-state index < -0.39 is 23.5 Å². The van der Waals surface area contributed by atoms with E-state index in [1.165, 1.54) is 22.6 Å². The minimum Gasteiger partial charge on any atom is -0.298 e. The van der Waals surface area contributed by atoms with E-state index in [1.807, 2.05) is 0 Å². The molecule has 0 spiro atoms. The van der Waals surface area contributed by atoms with Crippen molar-refractivity contribution in [3.05, 3.63) is 31.5 Å². The van der Waals surface area contributed by atoms with Crippen LogP contribution >= 0.6 is 22.6 Å². The minimum atomic E-state index is -2.87. The maximum Gasteiger partial charge on any atom is 0.269 e. The first-order valence-electron chi connectivity index (χ1n) is 2.88. The second-order valence-electron chi connectivity index (χ2n) is 2.02. The molecule has 1 heterocycles. The molecule has 0 amide bonds. The Kier molecular flexibility index (Phi) is 2.76. The van der Waals surface area contributed by atoms with E-state index in [-0.39, 0.29) is 3.57 Å². The molecular formula is C6H3F3INO. The van der Waals surface area contributed by atoms with Crippen LogP contribution in [0.5, 0.6) is 0 Å². The van der Waals surface area contributed by atoms with Gasteiger partial charge in [-0.05, 0) is 28.7 Å². The second-order valence-corrected chi connectivity index (χ2v) is 3.18. The summed E-state index contributed by atoms with van der Waals surface area (Å²) in [5.41, 5.74) is -1.79.